The van der Waals surface area contributed by atoms with Gasteiger partial charge in [-0.3, -0.25) is 0 Å². The van der Waals surface area contributed by atoms with Crippen molar-refractivity contribution >= 4 is 0 Å². The van der Waals surface area contributed by atoms with Gasteiger partial charge in [0.25, 0.3) is 0 Å². The van der Waals surface area contributed by atoms with Gasteiger partial charge < -0.3 is 14.4 Å². The Balaban J connectivity index is 1.88. The lowest BCUT2D eigenvalue weighted by atomic mass is 10.3. The number of para-hydroxylation sites is 1. The van der Waals surface area contributed by atoms with Crippen LogP contribution in [0.1, 0.15) is 0 Å². The van der Waals surface area contributed by atoms with Crippen LogP contribution in [0, 0.1) is 0 Å². The minimum atomic E-state index is 0.686. The Morgan fingerprint density at radius 3 is 2.00 bits per heavy atom. The Morgan fingerprint density at radius 2 is 1.37 bits per heavy atom. The minimum Gasteiger partial charge on any atom is -0.492 e. The van der Waals surface area contributed by atoms with Gasteiger partial charge in [-0.25, -0.2) is 0 Å². The average molecular weight is 257 g/mol. The number of hydrogen-bond acceptors (Lipinski definition) is 3. The minimum absolute atomic E-state index is 0.686. The van der Waals surface area contributed by atoms with E-state index >= 15 is 0 Å². The number of nitrogens with zero attached hydrogens (tertiary/aromatic N) is 1. The first kappa shape index (κ1) is 13.4. The largest absolute Gasteiger partial charge is 0.492 e. The predicted octanol–water partition coefficient (Wildman–Crippen LogP) is 3.42. The van der Waals surface area contributed by atoms with Crippen LogP contribution in [-0.4, -0.2) is 32.1 Å². The van der Waals surface area contributed by atoms with Crippen molar-refractivity contribution in [2.24, 2.45) is 0 Å². The summed E-state index contributed by atoms with van der Waals surface area (Å²) in [4.78, 5) is 2.09. The Labute approximate surface area is 114 Å². The molecule has 0 bridgehead atoms. The second-order valence-electron chi connectivity index (χ2n) is 4.54. The second-order valence-corrected chi connectivity index (χ2v) is 4.54. The zero-order valence-corrected chi connectivity index (χ0v) is 11.4. The van der Waals surface area contributed by atoms with Crippen molar-refractivity contribution in [1.29, 1.82) is 0 Å². The molecule has 0 atom stereocenters. The van der Waals surface area contributed by atoms with Gasteiger partial charge in [-0.2, -0.15) is 0 Å². The molecule has 0 heterocycles. The zero-order valence-electron chi connectivity index (χ0n) is 11.4. The highest BCUT2D eigenvalue weighted by molar-refractivity contribution is 5.35. The third-order valence-corrected chi connectivity index (χ3v) is 2.61. The molecule has 0 spiro atoms. The van der Waals surface area contributed by atoms with Crippen LogP contribution in [0.2, 0.25) is 0 Å². The molecule has 0 aliphatic rings. The van der Waals surface area contributed by atoms with E-state index in [4.69, 9.17) is 9.47 Å². The second kappa shape index (κ2) is 6.81. The molecule has 19 heavy (non-hydrogen) atoms. The molecule has 2 aromatic carbocycles. The summed E-state index contributed by atoms with van der Waals surface area (Å²) in [6.45, 7) is 1.59. The third kappa shape index (κ3) is 4.64. The summed E-state index contributed by atoms with van der Waals surface area (Å²) >= 11 is 0. The SMILES string of the molecule is CN(C)CCOc1ccc(Oc2ccccc2)cc1. The fourth-order valence-corrected chi connectivity index (χ4v) is 1.57. The molecule has 3 heteroatoms. The van der Waals surface area contributed by atoms with Crippen LogP contribution >= 0.6 is 0 Å². The summed E-state index contributed by atoms with van der Waals surface area (Å²) in [6.07, 6.45) is 0. The highest BCUT2D eigenvalue weighted by atomic mass is 16.5. The molecule has 0 aliphatic carbocycles. The topological polar surface area (TPSA) is 21.7 Å². The van der Waals surface area contributed by atoms with Crippen LogP contribution in [0.3, 0.4) is 0 Å². The molecule has 2 aromatic rings. The summed E-state index contributed by atoms with van der Waals surface area (Å²) in [6, 6.07) is 17.4. The van der Waals surface area contributed by atoms with Crippen LogP contribution in [-0.2, 0) is 0 Å². The molecule has 0 unspecified atom stereocenters. The molecule has 0 aliphatic heterocycles. The van der Waals surface area contributed by atoms with Crippen molar-refractivity contribution in [3.8, 4) is 17.2 Å². The van der Waals surface area contributed by atoms with E-state index in [1.165, 1.54) is 0 Å². The van der Waals surface area contributed by atoms with Gasteiger partial charge in [-0.15, -0.1) is 0 Å². The van der Waals surface area contributed by atoms with Crippen LogP contribution in [0.5, 0.6) is 17.2 Å². The highest BCUT2D eigenvalue weighted by Gasteiger charge is 1.98. The van der Waals surface area contributed by atoms with Crippen molar-refractivity contribution in [2.45, 2.75) is 0 Å². The first-order valence-corrected chi connectivity index (χ1v) is 6.34. The van der Waals surface area contributed by atoms with Crippen LogP contribution in [0.4, 0.5) is 0 Å². The normalized spacial score (nSPS) is 10.5. The van der Waals surface area contributed by atoms with Crippen LogP contribution in [0.15, 0.2) is 54.6 Å². The Hall–Kier alpha value is -2.00. The van der Waals surface area contributed by atoms with E-state index in [-0.39, 0.29) is 0 Å². The van der Waals surface area contributed by atoms with Gasteiger partial charge in [-0.1, -0.05) is 18.2 Å². The van der Waals surface area contributed by atoms with E-state index in [1.54, 1.807) is 0 Å². The molecule has 0 N–H and O–H groups in total. The zero-order chi connectivity index (χ0) is 13.5. The van der Waals surface area contributed by atoms with Crippen LogP contribution in [0.25, 0.3) is 0 Å². The lowest BCUT2D eigenvalue weighted by Crippen LogP contribution is -2.19. The number of benzene rings is 2. The van der Waals surface area contributed by atoms with Crippen molar-refractivity contribution in [3.63, 3.8) is 0 Å². The first-order chi connectivity index (χ1) is 9.24. The van der Waals surface area contributed by atoms with Crippen LogP contribution < -0.4 is 9.47 Å². The molecular formula is C16H19NO2. The first-order valence-electron chi connectivity index (χ1n) is 6.34. The molecular weight excluding hydrogens is 238 g/mol. The summed E-state index contributed by atoms with van der Waals surface area (Å²) in [5.74, 6) is 2.51. The lowest BCUT2D eigenvalue weighted by molar-refractivity contribution is 0.261. The average Bonchev–Trinajstić information content (AvgIpc) is 2.42. The summed E-state index contributed by atoms with van der Waals surface area (Å²) in [5.41, 5.74) is 0. The highest BCUT2D eigenvalue weighted by Crippen LogP contribution is 2.23. The van der Waals surface area contributed by atoms with E-state index in [1.807, 2.05) is 68.7 Å². The van der Waals surface area contributed by atoms with E-state index in [9.17, 15) is 0 Å². The van der Waals surface area contributed by atoms with E-state index in [2.05, 4.69) is 4.90 Å². The Bertz CT molecular complexity index is 480. The molecule has 0 aromatic heterocycles. The van der Waals surface area contributed by atoms with E-state index < -0.39 is 0 Å². The fourth-order valence-electron chi connectivity index (χ4n) is 1.57. The van der Waals surface area contributed by atoms with Gasteiger partial charge >= 0.3 is 0 Å². The van der Waals surface area contributed by atoms with Crippen molar-refractivity contribution in [2.75, 3.05) is 27.2 Å². The maximum absolute atomic E-state index is 5.71. The quantitative estimate of drug-likeness (QED) is 0.791. The molecule has 0 radical (unpaired) electrons. The number of likely N-dealkylation sites (N-methyl/N-ethyl adjacent to an activating group) is 1. The van der Waals surface area contributed by atoms with Gasteiger partial charge in [0.05, 0.1) is 0 Å². The van der Waals surface area contributed by atoms with Gasteiger partial charge in [0.1, 0.15) is 23.9 Å². The predicted molar refractivity (Wildman–Crippen MR) is 77.0 cm³/mol. The number of ether oxygens (including phenoxy) is 2. The molecule has 0 saturated heterocycles. The van der Waals surface area contributed by atoms with E-state index in [0.717, 1.165) is 23.8 Å². The molecule has 3 nitrogen and oxygen atoms in total. The van der Waals surface area contributed by atoms with Gasteiger partial charge in [0.15, 0.2) is 0 Å². The maximum atomic E-state index is 5.71. The molecule has 0 saturated carbocycles. The van der Waals surface area contributed by atoms with E-state index in [0.29, 0.717) is 6.61 Å². The molecule has 0 amide bonds. The molecule has 0 fully saturated rings. The lowest BCUT2D eigenvalue weighted by Gasteiger charge is -2.11. The molecule has 2 rings (SSSR count). The third-order valence-electron chi connectivity index (χ3n) is 2.61. The molecule has 100 valence electrons. The van der Waals surface area contributed by atoms with Crippen molar-refractivity contribution < 1.29 is 9.47 Å². The summed E-state index contributed by atoms with van der Waals surface area (Å²) in [5, 5.41) is 0. The standard InChI is InChI=1S/C16H19NO2/c1-17(2)12-13-18-14-8-10-16(11-9-14)19-15-6-4-3-5-7-15/h3-11H,12-13H2,1-2H3. The Kier molecular flexibility index (Phi) is 4.81. The van der Waals surface area contributed by atoms with Crippen molar-refractivity contribution in [3.05, 3.63) is 54.6 Å². The summed E-state index contributed by atoms with van der Waals surface area (Å²) < 4.78 is 11.3. The fraction of sp³-hybridized carbons (Fsp3) is 0.250. The smallest absolute Gasteiger partial charge is 0.127 e. The number of rotatable bonds is 6. The number of hydrogen-bond donors (Lipinski definition) is 0. The van der Waals surface area contributed by atoms with Gasteiger partial charge in [0, 0.05) is 6.54 Å². The van der Waals surface area contributed by atoms with Gasteiger partial charge in [-0.05, 0) is 50.5 Å². The summed E-state index contributed by atoms with van der Waals surface area (Å²) in [7, 11) is 4.06. The Morgan fingerprint density at radius 1 is 0.789 bits per heavy atom. The maximum Gasteiger partial charge on any atom is 0.127 e. The van der Waals surface area contributed by atoms with Gasteiger partial charge in [0.2, 0.25) is 0 Å². The monoisotopic (exact) mass is 257 g/mol. The van der Waals surface area contributed by atoms with Crippen molar-refractivity contribution in [1.82, 2.24) is 4.90 Å².